The number of carbonyl (C=O) groups is 2. The van der Waals surface area contributed by atoms with Gasteiger partial charge >= 0.3 is 6.43 Å². The van der Waals surface area contributed by atoms with Gasteiger partial charge in [-0.1, -0.05) is 6.92 Å². The van der Waals surface area contributed by atoms with Gasteiger partial charge in [0.1, 0.15) is 11.4 Å². The summed E-state index contributed by atoms with van der Waals surface area (Å²) in [4.78, 5) is 26.2. The number of hydrogen-bond acceptors (Lipinski definition) is 3. The lowest BCUT2D eigenvalue weighted by Gasteiger charge is -2.14. The summed E-state index contributed by atoms with van der Waals surface area (Å²) in [5.41, 5.74) is 1.69. The van der Waals surface area contributed by atoms with Crippen LogP contribution in [-0.2, 0) is 4.79 Å². The first-order valence-corrected chi connectivity index (χ1v) is 7.36. The summed E-state index contributed by atoms with van der Waals surface area (Å²) >= 11 is 0. The fraction of sp³-hybridized carbons (Fsp3) is 0.375. The molecule has 0 bridgehead atoms. The van der Waals surface area contributed by atoms with Crippen LogP contribution in [0.2, 0.25) is 0 Å². The van der Waals surface area contributed by atoms with E-state index in [4.69, 9.17) is 4.74 Å². The van der Waals surface area contributed by atoms with Gasteiger partial charge in [-0.3, -0.25) is 9.59 Å². The summed E-state index contributed by atoms with van der Waals surface area (Å²) < 4.78 is 29.9. The van der Waals surface area contributed by atoms with Crippen molar-refractivity contribution in [1.82, 2.24) is 15.6 Å². The number of ether oxygens (including phenoxy) is 1. The summed E-state index contributed by atoms with van der Waals surface area (Å²) in [6.07, 6.45) is -3.07. The van der Waals surface area contributed by atoms with Gasteiger partial charge in [-0.05, 0) is 23.8 Å². The number of alkyl halides is 2. The van der Waals surface area contributed by atoms with E-state index in [1.54, 1.807) is 25.1 Å². The summed E-state index contributed by atoms with van der Waals surface area (Å²) in [7, 11) is 3.03. The smallest absolute Gasteiger partial charge is 0.315 e. The van der Waals surface area contributed by atoms with Gasteiger partial charge in [0.25, 0.3) is 11.8 Å². The zero-order chi connectivity index (χ0) is 17.9. The van der Waals surface area contributed by atoms with E-state index in [1.807, 2.05) is 0 Å². The van der Waals surface area contributed by atoms with Gasteiger partial charge in [0, 0.05) is 30.4 Å². The minimum atomic E-state index is -3.07. The van der Waals surface area contributed by atoms with Crippen molar-refractivity contribution in [2.24, 2.45) is 0 Å². The third-order valence-corrected chi connectivity index (χ3v) is 3.77. The van der Waals surface area contributed by atoms with Crippen molar-refractivity contribution < 1.29 is 23.1 Å². The Kier molecular flexibility index (Phi) is 5.38. The van der Waals surface area contributed by atoms with E-state index in [2.05, 4.69) is 15.6 Å². The van der Waals surface area contributed by atoms with E-state index in [0.29, 0.717) is 17.0 Å². The maximum Gasteiger partial charge on any atom is 0.315 e. The van der Waals surface area contributed by atoms with Crippen molar-refractivity contribution in [3.63, 3.8) is 0 Å². The topological polar surface area (TPSA) is 83.2 Å². The fourth-order valence-electron chi connectivity index (χ4n) is 2.57. The normalized spacial score (nSPS) is 12.2. The van der Waals surface area contributed by atoms with Crippen molar-refractivity contribution >= 4 is 22.7 Å². The third kappa shape index (κ3) is 3.47. The molecule has 8 heteroatoms. The first kappa shape index (κ1) is 17.7. The Morgan fingerprint density at radius 1 is 1.33 bits per heavy atom. The molecule has 1 atom stereocenters. The monoisotopic (exact) mass is 339 g/mol. The number of fused-ring (bicyclic) bond motifs is 1. The molecule has 3 N–H and O–H groups in total. The lowest BCUT2D eigenvalue weighted by molar-refractivity contribution is -0.131. The van der Waals surface area contributed by atoms with Crippen LogP contribution in [0.1, 0.15) is 28.9 Å². The SMILES string of the molecule is CNC(=O)c1[nH]c2ccc(OC)cc2c1[C@@H](C)CNC(=O)C(F)F. The summed E-state index contributed by atoms with van der Waals surface area (Å²) in [6, 6.07) is 5.28. The number of halogens is 2. The second-order valence-corrected chi connectivity index (χ2v) is 5.35. The molecule has 0 radical (unpaired) electrons. The van der Waals surface area contributed by atoms with Crippen LogP contribution in [-0.4, -0.2) is 43.9 Å². The molecule has 0 saturated heterocycles. The highest BCUT2D eigenvalue weighted by molar-refractivity contribution is 6.01. The number of nitrogens with one attached hydrogen (secondary N) is 3. The van der Waals surface area contributed by atoms with Crippen molar-refractivity contribution in [1.29, 1.82) is 0 Å². The van der Waals surface area contributed by atoms with Gasteiger partial charge in [-0.2, -0.15) is 8.78 Å². The van der Waals surface area contributed by atoms with Crippen LogP contribution in [0.5, 0.6) is 5.75 Å². The second-order valence-electron chi connectivity index (χ2n) is 5.35. The molecule has 1 aromatic carbocycles. The van der Waals surface area contributed by atoms with Gasteiger partial charge in [-0.15, -0.1) is 0 Å². The number of aromatic nitrogens is 1. The van der Waals surface area contributed by atoms with Crippen molar-refractivity contribution in [2.45, 2.75) is 19.3 Å². The van der Waals surface area contributed by atoms with Crippen LogP contribution >= 0.6 is 0 Å². The minimum absolute atomic E-state index is 0.0165. The van der Waals surface area contributed by atoms with Crippen LogP contribution < -0.4 is 15.4 Å². The number of H-pyrrole nitrogens is 1. The predicted octanol–water partition coefficient (Wildman–Crippen LogP) is 2.02. The van der Waals surface area contributed by atoms with Gasteiger partial charge in [-0.25, -0.2) is 0 Å². The van der Waals surface area contributed by atoms with E-state index >= 15 is 0 Å². The van der Waals surface area contributed by atoms with E-state index < -0.39 is 12.3 Å². The maximum absolute atomic E-state index is 12.3. The number of carbonyl (C=O) groups excluding carboxylic acids is 2. The zero-order valence-electron chi connectivity index (χ0n) is 13.6. The summed E-state index contributed by atoms with van der Waals surface area (Å²) in [5.74, 6) is -1.41. The predicted molar refractivity (Wildman–Crippen MR) is 85.7 cm³/mol. The number of aromatic amines is 1. The molecule has 0 aliphatic heterocycles. The Morgan fingerprint density at radius 3 is 2.62 bits per heavy atom. The average molecular weight is 339 g/mol. The number of benzene rings is 1. The Bertz CT molecular complexity index is 758. The van der Waals surface area contributed by atoms with Crippen LogP contribution in [0.3, 0.4) is 0 Å². The molecular weight excluding hydrogens is 320 g/mol. The van der Waals surface area contributed by atoms with E-state index in [-0.39, 0.29) is 18.4 Å². The third-order valence-electron chi connectivity index (χ3n) is 3.77. The molecule has 24 heavy (non-hydrogen) atoms. The number of methoxy groups -OCH3 is 1. The average Bonchev–Trinajstić information content (AvgIpc) is 2.96. The molecule has 130 valence electrons. The van der Waals surface area contributed by atoms with Gasteiger partial charge in [0.15, 0.2) is 0 Å². The number of amides is 2. The molecule has 0 aliphatic carbocycles. The molecule has 0 saturated carbocycles. The molecule has 2 aromatic rings. The lowest BCUT2D eigenvalue weighted by atomic mass is 9.97. The second kappa shape index (κ2) is 7.29. The van der Waals surface area contributed by atoms with Crippen molar-refractivity contribution in [3.8, 4) is 5.75 Å². The largest absolute Gasteiger partial charge is 0.497 e. The first-order chi connectivity index (χ1) is 11.4. The molecule has 0 spiro atoms. The van der Waals surface area contributed by atoms with Crippen LogP contribution in [0.4, 0.5) is 8.78 Å². The van der Waals surface area contributed by atoms with Crippen LogP contribution in [0.25, 0.3) is 10.9 Å². The summed E-state index contributed by atoms with van der Waals surface area (Å²) in [6.45, 7) is 1.73. The summed E-state index contributed by atoms with van der Waals surface area (Å²) in [5, 5.41) is 5.46. The van der Waals surface area contributed by atoms with E-state index in [1.165, 1.54) is 14.2 Å². The van der Waals surface area contributed by atoms with Gasteiger partial charge in [0.05, 0.1) is 7.11 Å². The fourth-order valence-corrected chi connectivity index (χ4v) is 2.57. The molecule has 1 heterocycles. The molecule has 0 aliphatic rings. The highest BCUT2D eigenvalue weighted by Crippen LogP contribution is 2.31. The molecule has 0 fully saturated rings. The molecular formula is C16H19F2N3O3. The molecule has 1 aromatic heterocycles. The molecule has 2 amide bonds. The Labute approximate surface area is 137 Å². The minimum Gasteiger partial charge on any atom is -0.497 e. The lowest BCUT2D eigenvalue weighted by Crippen LogP contribution is -2.33. The standard InChI is InChI=1S/C16H19F2N3O3/c1-8(7-20-16(23)14(17)18)12-10-6-9(24-3)4-5-11(10)21-13(12)15(22)19-2/h4-6,8,14,21H,7H2,1-3H3,(H,19,22)(H,20,23)/t8-/m0/s1. The number of hydrogen-bond donors (Lipinski definition) is 3. The van der Waals surface area contributed by atoms with Gasteiger partial charge < -0.3 is 20.4 Å². The Hall–Kier alpha value is -2.64. The zero-order valence-corrected chi connectivity index (χ0v) is 13.6. The van der Waals surface area contributed by atoms with Crippen LogP contribution in [0, 0.1) is 0 Å². The molecule has 0 unspecified atom stereocenters. The van der Waals surface area contributed by atoms with Crippen molar-refractivity contribution in [3.05, 3.63) is 29.5 Å². The van der Waals surface area contributed by atoms with E-state index in [9.17, 15) is 18.4 Å². The molecule has 6 nitrogen and oxygen atoms in total. The highest BCUT2D eigenvalue weighted by atomic mass is 19.3. The maximum atomic E-state index is 12.3. The van der Waals surface area contributed by atoms with Crippen molar-refractivity contribution in [2.75, 3.05) is 20.7 Å². The first-order valence-electron chi connectivity index (χ1n) is 7.36. The van der Waals surface area contributed by atoms with E-state index in [0.717, 1.165) is 10.9 Å². The number of rotatable bonds is 6. The van der Waals surface area contributed by atoms with Gasteiger partial charge in [0.2, 0.25) is 0 Å². The highest BCUT2D eigenvalue weighted by Gasteiger charge is 2.23. The Morgan fingerprint density at radius 2 is 2.04 bits per heavy atom. The molecule has 2 rings (SSSR count). The Balaban J connectivity index is 2.44. The van der Waals surface area contributed by atoms with Crippen LogP contribution in [0.15, 0.2) is 18.2 Å². The quantitative estimate of drug-likeness (QED) is 0.753.